The first-order valence-electron chi connectivity index (χ1n) is 12.0. The summed E-state index contributed by atoms with van der Waals surface area (Å²) in [5.41, 5.74) is 3.67. The smallest absolute Gasteiger partial charge is 0.319 e. The molecular formula is C26H33N5O4S. The zero-order chi connectivity index (χ0) is 26.3. The average Bonchev–Trinajstić information content (AvgIpc) is 2.89. The Bertz CT molecular complexity index is 1230. The zero-order valence-electron chi connectivity index (χ0n) is 21.0. The second-order valence-electron chi connectivity index (χ2n) is 8.93. The molecule has 0 spiro atoms. The van der Waals surface area contributed by atoms with Gasteiger partial charge in [-0.15, -0.1) is 0 Å². The average molecular weight is 512 g/mol. The molecule has 0 saturated carbocycles. The van der Waals surface area contributed by atoms with E-state index in [-0.39, 0.29) is 24.7 Å². The van der Waals surface area contributed by atoms with Crippen molar-refractivity contribution >= 4 is 27.6 Å². The number of nitrogens with zero attached hydrogens (tertiary/aromatic N) is 3. The van der Waals surface area contributed by atoms with Crippen LogP contribution >= 0.6 is 0 Å². The minimum Gasteiger partial charge on any atom is -0.339 e. The van der Waals surface area contributed by atoms with Crippen LogP contribution in [0.1, 0.15) is 52.7 Å². The van der Waals surface area contributed by atoms with Crippen LogP contribution in [-0.2, 0) is 10.0 Å². The highest BCUT2D eigenvalue weighted by Crippen LogP contribution is 2.29. The standard InChI is InChI=1S/C26H33N5O4S/c1-4-36(34,35)30(3)16-13-28-26(33)29-24-17-23(8-5-19(24)2)25(32)31-14-11-22(12-15-31)21-9-6-20(18-27)7-10-21/h5-10,17,22H,4,11-16H2,1-3H3,(H2,28,29,33). The zero-order valence-corrected chi connectivity index (χ0v) is 21.8. The Balaban J connectivity index is 1.55. The Kier molecular flexibility index (Phi) is 9.07. The lowest BCUT2D eigenvalue weighted by Gasteiger charge is -2.32. The maximum atomic E-state index is 13.1. The number of sulfonamides is 1. The van der Waals surface area contributed by atoms with E-state index in [1.54, 1.807) is 25.1 Å². The fourth-order valence-electron chi connectivity index (χ4n) is 4.17. The van der Waals surface area contributed by atoms with Crippen molar-refractivity contribution in [1.29, 1.82) is 5.26 Å². The number of aryl methyl sites for hydroxylation is 1. The van der Waals surface area contributed by atoms with E-state index in [2.05, 4.69) is 16.7 Å². The minimum absolute atomic E-state index is 0.00280. The molecule has 2 N–H and O–H groups in total. The van der Waals surface area contributed by atoms with Gasteiger partial charge in [0.2, 0.25) is 10.0 Å². The first-order chi connectivity index (χ1) is 17.1. The maximum Gasteiger partial charge on any atom is 0.319 e. The predicted octanol–water partition coefficient (Wildman–Crippen LogP) is 3.29. The third kappa shape index (κ3) is 6.83. The summed E-state index contributed by atoms with van der Waals surface area (Å²) in [6, 6.07) is 14.5. The number of amides is 3. The molecule has 0 aromatic heterocycles. The Labute approximate surface area is 213 Å². The van der Waals surface area contributed by atoms with Gasteiger partial charge in [0.1, 0.15) is 0 Å². The summed E-state index contributed by atoms with van der Waals surface area (Å²) in [6.45, 7) is 5.01. The summed E-state index contributed by atoms with van der Waals surface area (Å²) in [5.74, 6) is 0.276. The molecule has 1 aliphatic heterocycles. The highest BCUT2D eigenvalue weighted by Gasteiger charge is 2.25. The normalized spacial score (nSPS) is 14.4. The number of hydrogen-bond donors (Lipinski definition) is 2. The van der Waals surface area contributed by atoms with Gasteiger partial charge >= 0.3 is 6.03 Å². The van der Waals surface area contributed by atoms with Crippen LogP contribution < -0.4 is 10.6 Å². The Morgan fingerprint density at radius 3 is 2.42 bits per heavy atom. The number of nitrogens with one attached hydrogen (secondary N) is 2. The number of hydrogen-bond acceptors (Lipinski definition) is 5. The summed E-state index contributed by atoms with van der Waals surface area (Å²) in [5, 5.41) is 14.4. The lowest BCUT2D eigenvalue weighted by molar-refractivity contribution is 0.0713. The van der Waals surface area contributed by atoms with Crippen molar-refractivity contribution in [2.45, 2.75) is 32.6 Å². The first kappa shape index (κ1) is 27.2. The number of rotatable bonds is 8. The number of likely N-dealkylation sites (tertiary alicyclic amines) is 1. The summed E-state index contributed by atoms with van der Waals surface area (Å²) in [4.78, 5) is 27.3. The van der Waals surface area contributed by atoms with Gasteiger partial charge in [-0.25, -0.2) is 17.5 Å². The van der Waals surface area contributed by atoms with Crippen molar-refractivity contribution in [2.24, 2.45) is 0 Å². The molecule has 1 heterocycles. The second kappa shape index (κ2) is 12.0. The van der Waals surface area contributed by atoms with Crippen LogP contribution in [0.2, 0.25) is 0 Å². The number of nitriles is 1. The number of carbonyl (C=O) groups excluding carboxylic acids is 2. The van der Waals surface area contributed by atoms with Gasteiger partial charge in [-0.1, -0.05) is 18.2 Å². The van der Waals surface area contributed by atoms with Gasteiger partial charge in [-0.2, -0.15) is 5.26 Å². The third-order valence-corrected chi connectivity index (χ3v) is 8.44. The molecule has 2 aromatic rings. The number of anilines is 1. The summed E-state index contributed by atoms with van der Waals surface area (Å²) in [6.07, 6.45) is 1.69. The van der Waals surface area contributed by atoms with Gasteiger partial charge in [0.15, 0.2) is 0 Å². The summed E-state index contributed by atoms with van der Waals surface area (Å²) >= 11 is 0. The van der Waals surface area contributed by atoms with Crippen LogP contribution in [-0.4, -0.2) is 68.5 Å². The first-order valence-corrected chi connectivity index (χ1v) is 13.6. The fourth-order valence-corrected chi connectivity index (χ4v) is 4.98. The monoisotopic (exact) mass is 511 g/mol. The lowest BCUT2D eigenvalue weighted by atomic mass is 9.89. The summed E-state index contributed by atoms with van der Waals surface area (Å²) < 4.78 is 24.8. The van der Waals surface area contributed by atoms with Crippen molar-refractivity contribution in [3.8, 4) is 6.07 Å². The van der Waals surface area contributed by atoms with E-state index in [0.717, 1.165) is 18.4 Å². The molecule has 3 amide bonds. The van der Waals surface area contributed by atoms with E-state index in [1.165, 1.54) is 16.9 Å². The molecule has 1 aliphatic rings. The molecule has 10 heteroatoms. The molecule has 1 saturated heterocycles. The van der Waals surface area contributed by atoms with Gasteiger partial charge in [-0.05, 0) is 68.0 Å². The Morgan fingerprint density at radius 2 is 1.81 bits per heavy atom. The number of piperidine rings is 1. The predicted molar refractivity (Wildman–Crippen MR) is 139 cm³/mol. The molecule has 0 atom stereocenters. The molecule has 36 heavy (non-hydrogen) atoms. The van der Waals surface area contributed by atoms with Crippen LogP contribution in [0.5, 0.6) is 0 Å². The van der Waals surface area contributed by atoms with Gasteiger partial charge in [0, 0.05) is 44.5 Å². The van der Waals surface area contributed by atoms with Gasteiger partial charge in [-0.3, -0.25) is 4.79 Å². The fraction of sp³-hybridized carbons (Fsp3) is 0.423. The van der Waals surface area contributed by atoms with E-state index in [9.17, 15) is 18.0 Å². The SMILES string of the molecule is CCS(=O)(=O)N(C)CCNC(=O)Nc1cc(C(=O)N2CCC(c3ccc(C#N)cc3)CC2)ccc1C. The van der Waals surface area contributed by atoms with Gasteiger partial charge in [0.05, 0.1) is 17.4 Å². The molecule has 0 radical (unpaired) electrons. The molecule has 1 fully saturated rings. The van der Waals surface area contributed by atoms with Crippen LogP contribution in [0, 0.1) is 18.3 Å². The third-order valence-electron chi connectivity index (χ3n) is 6.58. The van der Waals surface area contributed by atoms with Crippen LogP contribution in [0.3, 0.4) is 0 Å². The molecule has 3 rings (SSSR count). The minimum atomic E-state index is -3.30. The van der Waals surface area contributed by atoms with Crippen molar-refractivity contribution in [1.82, 2.24) is 14.5 Å². The van der Waals surface area contributed by atoms with E-state index >= 15 is 0 Å². The van der Waals surface area contributed by atoms with E-state index in [1.807, 2.05) is 36.1 Å². The van der Waals surface area contributed by atoms with Crippen LogP contribution in [0.4, 0.5) is 10.5 Å². The second-order valence-corrected chi connectivity index (χ2v) is 11.3. The maximum absolute atomic E-state index is 13.1. The lowest BCUT2D eigenvalue weighted by Crippen LogP contribution is -2.38. The Morgan fingerprint density at radius 1 is 1.14 bits per heavy atom. The summed E-state index contributed by atoms with van der Waals surface area (Å²) in [7, 11) is -1.83. The van der Waals surface area contributed by atoms with Crippen molar-refractivity contribution in [3.63, 3.8) is 0 Å². The molecule has 0 unspecified atom stereocenters. The number of carbonyl (C=O) groups is 2. The number of urea groups is 1. The molecular weight excluding hydrogens is 478 g/mol. The van der Waals surface area contributed by atoms with Crippen LogP contribution in [0.15, 0.2) is 42.5 Å². The van der Waals surface area contributed by atoms with Crippen molar-refractivity contribution < 1.29 is 18.0 Å². The molecule has 2 aromatic carbocycles. The quantitative estimate of drug-likeness (QED) is 0.563. The van der Waals surface area contributed by atoms with Gasteiger partial charge in [0.25, 0.3) is 5.91 Å². The topological polar surface area (TPSA) is 123 Å². The molecule has 0 aliphatic carbocycles. The number of benzene rings is 2. The van der Waals surface area contributed by atoms with E-state index in [4.69, 9.17) is 5.26 Å². The van der Waals surface area contributed by atoms with E-state index in [0.29, 0.717) is 35.8 Å². The van der Waals surface area contributed by atoms with Crippen LogP contribution in [0.25, 0.3) is 0 Å². The van der Waals surface area contributed by atoms with Crippen molar-refractivity contribution in [2.75, 3.05) is 44.3 Å². The molecule has 0 bridgehead atoms. The Hall–Kier alpha value is -3.42. The van der Waals surface area contributed by atoms with Gasteiger partial charge < -0.3 is 15.5 Å². The molecule has 9 nitrogen and oxygen atoms in total. The van der Waals surface area contributed by atoms with E-state index < -0.39 is 16.1 Å². The molecule has 192 valence electrons. The largest absolute Gasteiger partial charge is 0.339 e. The number of likely N-dealkylation sites (N-methyl/N-ethyl adjacent to an activating group) is 1. The van der Waals surface area contributed by atoms with Crippen molar-refractivity contribution in [3.05, 3.63) is 64.7 Å². The highest BCUT2D eigenvalue weighted by molar-refractivity contribution is 7.89. The highest BCUT2D eigenvalue weighted by atomic mass is 32.2.